The van der Waals surface area contributed by atoms with Gasteiger partial charge in [-0.2, -0.15) is 13.2 Å². The van der Waals surface area contributed by atoms with E-state index in [1.807, 2.05) is 0 Å². The lowest BCUT2D eigenvalue weighted by molar-refractivity contribution is -0.139. The van der Waals surface area contributed by atoms with Gasteiger partial charge in [0.15, 0.2) is 0 Å². The first-order valence-electron chi connectivity index (χ1n) is 8.75. The van der Waals surface area contributed by atoms with Crippen molar-refractivity contribution in [3.8, 4) is 11.6 Å². The minimum absolute atomic E-state index is 0.186. The zero-order valence-corrected chi connectivity index (χ0v) is 15.5. The molecule has 2 aromatic heterocycles. The summed E-state index contributed by atoms with van der Waals surface area (Å²) >= 11 is 0. The molecule has 4 N–H and O–H groups in total. The topological polar surface area (TPSA) is 106 Å². The fourth-order valence-corrected chi connectivity index (χ4v) is 2.91. The number of hydrogen-bond acceptors (Lipinski definition) is 5. The first-order chi connectivity index (χ1) is 14.7. The molecule has 11 heteroatoms. The number of hydrogen-bond donors (Lipinski definition) is 3. The van der Waals surface area contributed by atoms with Crippen LogP contribution in [0.1, 0.15) is 15.9 Å². The van der Waals surface area contributed by atoms with Crippen LogP contribution in [0.2, 0.25) is 0 Å². The minimum Gasteiger partial charge on any atom is -0.439 e. The number of amides is 1. The molecule has 0 unspecified atom stereocenters. The predicted octanol–water partition coefficient (Wildman–Crippen LogP) is 4.74. The largest absolute Gasteiger partial charge is 0.439 e. The second kappa shape index (κ2) is 7.59. The van der Waals surface area contributed by atoms with Crippen LogP contribution in [0, 0.1) is 5.82 Å². The van der Waals surface area contributed by atoms with Gasteiger partial charge in [0.05, 0.1) is 11.1 Å². The lowest BCUT2D eigenvalue weighted by Gasteiger charge is -2.11. The van der Waals surface area contributed by atoms with Gasteiger partial charge in [0.25, 0.3) is 5.91 Å². The van der Waals surface area contributed by atoms with Crippen LogP contribution in [0.4, 0.5) is 29.1 Å². The molecule has 4 rings (SSSR count). The number of nitrogens with zero attached hydrogens (tertiary/aromatic N) is 2. The van der Waals surface area contributed by atoms with Gasteiger partial charge in [-0.25, -0.2) is 14.4 Å². The number of aromatic amines is 1. The highest BCUT2D eigenvalue weighted by Gasteiger charge is 2.34. The molecule has 4 aromatic rings. The fourth-order valence-electron chi connectivity index (χ4n) is 2.91. The zero-order valence-electron chi connectivity index (χ0n) is 15.5. The summed E-state index contributed by atoms with van der Waals surface area (Å²) < 4.78 is 57.7. The van der Waals surface area contributed by atoms with Gasteiger partial charge in [0.1, 0.15) is 23.7 Å². The van der Waals surface area contributed by atoms with Gasteiger partial charge in [0.2, 0.25) is 5.88 Å². The van der Waals surface area contributed by atoms with Crippen LogP contribution in [0.3, 0.4) is 0 Å². The Balaban J connectivity index is 1.57. The van der Waals surface area contributed by atoms with Crippen LogP contribution in [0.15, 0.2) is 55.0 Å². The van der Waals surface area contributed by atoms with Gasteiger partial charge in [-0.05, 0) is 30.3 Å². The molecule has 158 valence electrons. The van der Waals surface area contributed by atoms with Gasteiger partial charge in [-0.1, -0.05) is 0 Å². The molecule has 0 radical (unpaired) electrons. The molecule has 0 bridgehead atoms. The van der Waals surface area contributed by atoms with E-state index >= 15 is 0 Å². The van der Waals surface area contributed by atoms with Crippen molar-refractivity contribution in [1.29, 1.82) is 0 Å². The van der Waals surface area contributed by atoms with Crippen molar-refractivity contribution in [2.24, 2.45) is 0 Å². The maximum absolute atomic E-state index is 13.4. The summed E-state index contributed by atoms with van der Waals surface area (Å²) in [5, 5.41) is 2.85. The number of alkyl halides is 3. The van der Waals surface area contributed by atoms with Gasteiger partial charge in [0, 0.05) is 34.9 Å². The molecular weight excluding hydrogens is 418 g/mol. The van der Waals surface area contributed by atoms with Gasteiger partial charge in [-0.15, -0.1) is 0 Å². The lowest BCUT2D eigenvalue weighted by atomic mass is 10.1. The van der Waals surface area contributed by atoms with E-state index < -0.39 is 23.5 Å². The Morgan fingerprint density at radius 2 is 1.90 bits per heavy atom. The second-order valence-electron chi connectivity index (χ2n) is 6.44. The van der Waals surface area contributed by atoms with E-state index in [4.69, 9.17) is 10.5 Å². The molecule has 0 aliphatic rings. The van der Waals surface area contributed by atoms with E-state index in [0.717, 1.165) is 6.07 Å². The molecule has 0 fully saturated rings. The third kappa shape index (κ3) is 4.25. The van der Waals surface area contributed by atoms with Crippen molar-refractivity contribution in [3.05, 3.63) is 71.9 Å². The number of benzene rings is 2. The van der Waals surface area contributed by atoms with E-state index in [2.05, 4.69) is 20.3 Å². The molecule has 0 saturated heterocycles. The standard InChI is InChI=1S/C20H13F4N5O2/c21-15-4-1-10(5-14(15)20(22,23)24)29-19(30)13-8-26-16-6-11(2-3-12(13)16)31-18-7-17(25)27-9-28-18/h1-9,26H,(H,29,30)(H2,25,27,28). The smallest absolute Gasteiger partial charge is 0.419 e. The third-order valence-corrected chi connectivity index (χ3v) is 4.31. The van der Waals surface area contributed by atoms with E-state index in [-0.39, 0.29) is 22.9 Å². The van der Waals surface area contributed by atoms with Gasteiger partial charge in [-0.3, -0.25) is 4.79 Å². The Bertz CT molecular complexity index is 1290. The fraction of sp³-hybridized carbons (Fsp3) is 0.0500. The number of nitrogens with two attached hydrogens (primary N) is 1. The summed E-state index contributed by atoms with van der Waals surface area (Å²) in [4.78, 5) is 23.2. The Morgan fingerprint density at radius 1 is 1.10 bits per heavy atom. The van der Waals surface area contributed by atoms with E-state index in [9.17, 15) is 22.4 Å². The van der Waals surface area contributed by atoms with Crippen LogP contribution >= 0.6 is 0 Å². The highest BCUT2D eigenvalue weighted by Crippen LogP contribution is 2.33. The molecule has 0 spiro atoms. The molecule has 0 aliphatic carbocycles. The second-order valence-corrected chi connectivity index (χ2v) is 6.44. The third-order valence-electron chi connectivity index (χ3n) is 4.31. The number of anilines is 2. The van der Waals surface area contributed by atoms with Crippen molar-refractivity contribution < 1.29 is 27.1 Å². The van der Waals surface area contributed by atoms with Gasteiger partial charge >= 0.3 is 6.18 Å². The molecule has 2 aromatic carbocycles. The number of ether oxygens (including phenoxy) is 1. The normalized spacial score (nSPS) is 11.5. The summed E-state index contributed by atoms with van der Waals surface area (Å²) in [5.41, 5.74) is 4.66. The summed E-state index contributed by atoms with van der Waals surface area (Å²) in [6, 6.07) is 8.49. The van der Waals surface area contributed by atoms with Crippen LogP contribution in [0.25, 0.3) is 10.9 Å². The summed E-state index contributed by atoms with van der Waals surface area (Å²) in [6.45, 7) is 0. The zero-order chi connectivity index (χ0) is 22.2. The number of carbonyl (C=O) groups excluding carboxylic acids is 1. The first kappa shape index (κ1) is 20.1. The first-order valence-corrected chi connectivity index (χ1v) is 8.75. The minimum atomic E-state index is -4.88. The highest BCUT2D eigenvalue weighted by atomic mass is 19.4. The van der Waals surface area contributed by atoms with Crippen molar-refractivity contribution >= 4 is 28.3 Å². The summed E-state index contributed by atoms with van der Waals surface area (Å²) in [6.07, 6.45) is -2.23. The maximum Gasteiger partial charge on any atom is 0.419 e. The molecule has 0 atom stereocenters. The van der Waals surface area contributed by atoms with E-state index in [1.54, 1.807) is 18.2 Å². The Hall–Kier alpha value is -4.15. The Kier molecular flexibility index (Phi) is 4.93. The molecular formula is C20H13F4N5O2. The van der Waals surface area contributed by atoms with Crippen molar-refractivity contribution in [1.82, 2.24) is 15.0 Å². The quantitative estimate of drug-likeness (QED) is 0.405. The average Bonchev–Trinajstić information content (AvgIpc) is 3.12. The summed E-state index contributed by atoms with van der Waals surface area (Å²) in [7, 11) is 0. The van der Waals surface area contributed by atoms with Crippen LogP contribution in [-0.4, -0.2) is 20.9 Å². The molecule has 31 heavy (non-hydrogen) atoms. The summed E-state index contributed by atoms with van der Waals surface area (Å²) in [5.74, 6) is -1.21. The number of nitrogens with one attached hydrogen (secondary N) is 2. The van der Waals surface area contributed by atoms with Gasteiger partial charge < -0.3 is 20.8 Å². The van der Waals surface area contributed by atoms with Crippen molar-refractivity contribution in [2.45, 2.75) is 6.18 Å². The molecule has 0 saturated carbocycles. The molecule has 7 nitrogen and oxygen atoms in total. The Labute approximate surface area is 171 Å². The number of H-pyrrole nitrogens is 1. The monoisotopic (exact) mass is 431 g/mol. The maximum atomic E-state index is 13.4. The number of nitrogen functional groups attached to an aromatic ring is 1. The number of aromatic nitrogens is 3. The molecule has 1 amide bonds. The molecule has 2 heterocycles. The lowest BCUT2D eigenvalue weighted by Crippen LogP contribution is -2.14. The Morgan fingerprint density at radius 3 is 2.65 bits per heavy atom. The van der Waals surface area contributed by atoms with Crippen LogP contribution in [0.5, 0.6) is 11.6 Å². The van der Waals surface area contributed by atoms with E-state index in [0.29, 0.717) is 28.8 Å². The average molecular weight is 431 g/mol. The number of fused-ring (bicyclic) bond motifs is 1. The molecule has 0 aliphatic heterocycles. The predicted molar refractivity (Wildman–Crippen MR) is 104 cm³/mol. The number of rotatable bonds is 4. The van der Waals surface area contributed by atoms with Crippen molar-refractivity contribution in [2.75, 3.05) is 11.1 Å². The highest BCUT2D eigenvalue weighted by molar-refractivity contribution is 6.12. The number of carbonyl (C=O) groups is 1. The SMILES string of the molecule is Nc1cc(Oc2ccc3c(C(=O)Nc4ccc(F)c(C(F)(F)F)c4)c[nH]c3c2)ncn1. The number of halogens is 4. The van der Waals surface area contributed by atoms with Crippen LogP contribution in [-0.2, 0) is 6.18 Å². The van der Waals surface area contributed by atoms with Crippen molar-refractivity contribution in [3.63, 3.8) is 0 Å². The van der Waals surface area contributed by atoms with Crippen LogP contribution < -0.4 is 15.8 Å². The van der Waals surface area contributed by atoms with E-state index in [1.165, 1.54) is 18.6 Å².